The van der Waals surface area contributed by atoms with Crippen LogP contribution in [0.1, 0.15) is 24.2 Å². The van der Waals surface area contributed by atoms with E-state index in [9.17, 15) is 13.9 Å². The summed E-state index contributed by atoms with van der Waals surface area (Å²) in [6, 6.07) is 6.94. The van der Waals surface area contributed by atoms with E-state index >= 15 is 0 Å². The first kappa shape index (κ1) is 14.8. The van der Waals surface area contributed by atoms with Crippen molar-refractivity contribution in [2.45, 2.75) is 20.0 Å². The third kappa shape index (κ3) is 2.92. The van der Waals surface area contributed by atoms with Crippen LogP contribution in [0.2, 0.25) is 5.02 Å². The zero-order chi connectivity index (χ0) is 14.9. The summed E-state index contributed by atoms with van der Waals surface area (Å²) in [4.78, 5) is 0. The van der Waals surface area contributed by atoms with Crippen LogP contribution in [0.3, 0.4) is 0 Å². The van der Waals surface area contributed by atoms with E-state index in [4.69, 9.17) is 16.3 Å². The lowest BCUT2D eigenvalue weighted by atomic mass is 10.1. The number of aryl methyl sites for hydroxylation is 1. The van der Waals surface area contributed by atoms with Gasteiger partial charge in [-0.2, -0.15) is 0 Å². The number of rotatable bonds is 3. The van der Waals surface area contributed by atoms with Crippen molar-refractivity contribution in [1.29, 1.82) is 0 Å². The Kier molecular flexibility index (Phi) is 4.26. The number of halogens is 3. The van der Waals surface area contributed by atoms with E-state index in [1.165, 1.54) is 31.2 Å². The fourth-order valence-corrected chi connectivity index (χ4v) is 1.93. The third-order valence-electron chi connectivity index (χ3n) is 2.88. The van der Waals surface area contributed by atoms with Crippen molar-refractivity contribution < 1.29 is 18.6 Å². The lowest BCUT2D eigenvalue weighted by Gasteiger charge is -2.15. The maximum atomic E-state index is 13.8. The van der Waals surface area contributed by atoms with Crippen LogP contribution in [0.15, 0.2) is 30.3 Å². The number of aliphatic hydroxyl groups is 1. The third-order valence-corrected chi connectivity index (χ3v) is 3.17. The smallest absolute Gasteiger partial charge is 0.184 e. The molecule has 0 bridgehead atoms. The molecule has 0 aliphatic heterocycles. The lowest BCUT2D eigenvalue weighted by molar-refractivity contribution is 0.195. The van der Waals surface area contributed by atoms with Crippen molar-refractivity contribution >= 4 is 11.6 Å². The summed E-state index contributed by atoms with van der Waals surface area (Å²) in [5.74, 6) is -1.04. The molecular weight excluding hydrogens is 286 g/mol. The predicted octanol–water partition coefficient (Wildman–Crippen LogP) is 4.77. The number of hydrogen-bond donors (Lipinski definition) is 1. The predicted molar refractivity (Wildman–Crippen MR) is 73.3 cm³/mol. The van der Waals surface area contributed by atoms with Crippen molar-refractivity contribution in [1.82, 2.24) is 0 Å². The van der Waals surface area contributed by atoms with E-state index < -0.39 is 17.7 Å². The molecule has 5 heteroatoms. The topological polar surface area (TPSA) is 29.5 Å². The van der Waals surface area contributed by atoms with Crippen LogP contribution in [0, 0.1) is 18.6 Å². The molecule has 0 amide bonds. The summed E-state index contributed by atoms with van der Waals surface area (Å²) in [6.07, 6.45) is -0.942. The zero-order valence-corrected chi connectivity index (χ0v) is 11.7. The molecule has 0 saturated carbocycles. The molecule has 0 unspecified atom stereocenters. The molecule has 0 spiro atoms. The molecule has 1 N–H and O–H groups in total. The van der Waals surface area contributed by atoms with Crippen LogP contribution in [0.5, 0.6) is 11.5 Å². The largest absolute Gasteiger partial charge is 0.454 e. The monoisotopic (exact) mass is 298 g/mol. The standard InChI is InChI=1S/C15H13ClF2O2/c1-8-6-14(10(9(2)19)7-12(8)17)20-13-5-3-4-11(16)15(13)18/h3-7,9,19H,1-2H3/t9-/m0/s1. The molecule has 2 nitrogen and oxygen atoms in total. The second-order valence-corrected chi connectivity index (χ2v) is 4.88. The van der Waals surface area contributed by atoms with Crippen molar-refractivity contribution in [3.05, 3.63) is 58.1 Å². The highest BCUT2D eigenvalue weighted by Crippen LogP contribution is 2.34. The summed E-state index contributed by atoms with van der Waals surface area (Å²) in [7, 11) is 0. The van der Waals surface area contributed by atoms with E-state index in [0.29, 0.717) is 5.56 Å². The minimum atomic E-state index is -0.942. The fraction of sp³-hybridized carbons (Fsp3) is 0.200. The minimum absolute atomic E-state index is 0.0695. The van der Waals surface area contributed by atoms with Crippen LogP contribution in [0.4, 0.5) is 8.78 Å². The Morgan fingerprint density at radius 1 is 1.20 bits per heavy atom. The zero-order valence-electron chi connectivity index (χ0n) is 11.0. The van der Waals surface area contributed by atoms with Gasteiger partial charge in [-0.15, -0.1) is 0 Å². The number of aliphatic hydroxyl groups excluding tert-OH is 1. The average Bonchev–Trinajstić information content (AvgIpc) is 2.38. The molecule has 2 aromatic rings. The highest BCUT2D eigenvalue weighted by atomic mass is 35.5. The van der Waals surface area contributed by atoms with Crippen molar-refractivity contribution in [2.75, 3.05) is 0 Å². The number of ether oxygens (including phenoxy) is 1. The molecule has 2 rings (SSSR count). The van der Waals surface area contributed by atoms with Crippen molar-refractivity contribution in [3.8, 4) is 11.5 Å². The lowest BCUT2D eigenvalue weighted by Crippen LogP contribution is -2.00. The van der Waals surface area contributed by atoms with E-state index in [-0.39, 0.29) is 22.1 Å². The van der Waals surface area contributed by atoms with E-state index in [0.717, 1.165) is 0 Å². The van der Waals surface area contributed by atoms with Crippen LogP contribution >= 0.6 is 11.6 Å². The second-order valence-electron chi connectivity index (χ2n) is 4.47. The molecule has 0 fully saturated rings. The van der Waals surface area contributed by atoms with Gasteiger partial charge in [0.05, 0.1) is 11.1 Å². The summed E-state index contributed by atoms with van der Waals surface area (Å²) >= 11 is 5.67. The van der Waals surface area contributed by atoms with Gasteiger partial charge in [0.25, 0.3) is 0 Å². The van der Waals surface area contributed by atoms with Crippen molar-refractivity contribution in [2.24, 2.45) is 0 Å². The molecular formula is C15H13ClF2O2. The van der Waals surface area contributed by atoms with E-state index in [2.05, 4.69) is 0 Å². The first-order valence-corrected chi connectivity index (χ1v) is 6.38. The Balaban J connectivity index is 2.47. The first-order chi connectivity index (χ1) is 9.40. The molecule has 0 saturated heterocycles. The summed E-state index contributed by atoms with van der Waals surface area (Å²) in [5.41, 5.74) is 0.583. The van der Waals surface area contributed by atoms with Gasteiger partial charge >= 0.3 is 0 Å². The SMILES string of the molecule is Cc1cc(Oc2cccc(Cl)c2F)c([C@H](C)O)cc1F. The molecule has 20 heavy (non-hydrogen) atoms. The van der Waals surface area contributed by atoms with Crippen LogP contribution in [-0.4, -0.2) is 5.11 Å². The minimum Gasteiger partial charge on any atom is -0.454 e. The quantitative estimate of drug-likeness (QED) is 0.884. The Labute approximate surface area is 120 Å². The summed E-state index contributed by atoms with van der Waals surface area (Å²) in [6.45, 7) is 3.04. The summed E-state index contributed by atoms with van der Waals surface area (Å²) in [5, 5.41) is 9.59. The Morgan fingerprint density at radius 2 is 1.90 bits per heavy atom. The van der Waals surface area contributed by atoms with Gasteiger partial charge in [0, 0.05) is 5.56 Å². The van der Waals surface area contributed by atoms with Gasteiger partial charge < -0.3 is 9.84 Å². The number of benzene rings is 2. The Hall–Kier alpha value is -1.65. The summed E-state index contributed by atoms with van der Waals surface area (Å²) < 4.78 is 32.8. The molecule has 2 aromatic carbocycles. The maximum Gasteiger partial charge on any atom is 0.184 e. The molecule has 106 valence electrons. The highest BCUT2D eigenvalue weighted by Gasteiger charge is 2.16. The molecule has 0 aliphatic carbocycles. The molecule has 0 heterocycles. The van der Waals surface area contributed by atoms with Crippen LogP contribution < -0.4 is 4.74 Å². The number of hydrogen-bond acceptors (Lipinski definition) is 2. The van der Waals surface area contributed by atoms with Gasteiger partial charge in [-0.1, -0.05) is 17.7 Å². The second kappa shape index (κ2) is 5.77. The van der Waals surface area contributed by atoms with Crippen molar-refractivity contribution in [3.63, 3.8) is 0 Å². The molecule has 0 radical (unpaired) electrons. The Morgan fingerprint density at radius 3 is 2.55 bits per heavy atom. The normalized spacial score (nSPS) is 12.3. The molecule has 0 aromatic heterocycles. The fourth-order valence-electron chi connectivity index (χ4n) is 1.77. The van der Waals surface area contributed by atoms with Gasteiger partial charge in [0.2, 0.25) is 0 Å². The van der Waals surface area contributed by atoms with E-state index in [1.807, 2.05) is 0 Å². The molecule has 1 atom stereocenters. The van der Waals surface area contributed by atoms with Gasteiger partial charge in [-0.25, -0.2) is 8.78 Å². The maximum absolute atomic E-state index is 13.8. The average molecular weight is 299 g/mol. The van der Waals surface area contributed by atoms with E-state index in [1.54, 1.807) is 13.0 Å². The van der Waals surface area contributed by atoms with Gasteiger partial charge in [-0.05, 0) is 43.7 Å². The van der Waals surface area contributed by atoms with Crippen LogP contribution in [-0.2, 0) is 0 Å². The first-order valence-electron chi connectivity index (χ1n) is 6.00. The highest BCUT2D eigenvalue weighted by molar-refractivity contribution is 6.30. The van der Waals surface area contributed by atoms with Gasteiger partial charge in [0.1, 0.15) is 11.6 Å². The van der Waals surface area contributed by atoms with Gasteiger partial charge in [-0.3, -0.25) is 0 Å². The van der Waals surface area contributed by atoms with Gasteiger partial charge in [0.15, 0.2) is 11.6 Å². The molecule has 0 aliphatic rings. The van der Waals surface area contributed by atoms with Crippen LogP contribution in [0.25, 0.3) is 0 Å². The Bertz CT molecular complexity index is 642.